The molecule has 2 saturated carbocycles. The molecule has 4 unspecified atom stereocenters. The van der Waals surface area contributed by atoms with E-state index >= 15 is 0 Å². The number of nitrogens with one attached hydrogen (secondary N) is 2. The van der Waals surface area contributed by atoms with Gasteiger partial charge in [0.25, 0.3) is 11.8 Å². The van der Waals surface area contributed by atoms with Crippen LogP contribution in [-0.4, -0.2) is 41.9 Å². The lowest BCUT2D eigenvalue weighted by Gasteiger charge is -2.28. The Kier molecular flexibility index (Phi) is 4.89. The van der Waals surface area contributed by atoms with Gasteiger partial charge in [0, 0.05) is 19.1 Å². The summed E-state index contributed by atoms with van der Waals surface area (Å²) in [5.74, 6) is 1.76. The quantitative estimate of drug-likeness (QED) is 0.598. The van der Waals surface area contributed by atoms with Gasteiger partial charge in [0.2, 0.25) is 0 Å². The van der Waals surface area contributed by atoms with Crippen molar-refractivity contribution >= 4 is 17.8 Å². The molecule has 6 nitrogen and oxygen atoms in total. The number of hydrogen-bond donors (Lipinski definition) is 2. The first-order chi connectivity index (χ1) is 13.0. The predicted octanol–water partition coefficient (Wildman–Crippen LogP) is 2.80. The lowest BCUT2D eigenvalue weighted by Crippen LogP contribution is -2.45. The number of hydrogen-bond acceptors (Lipinski definition) is 3. The third kappa shape index (κ3) is 3.45. The van der Waals surface area contributed by atoms with Crippen molar-refractivity contribution in [3.63, 3.8) is 0 Å². The first-order valence-electron chi connectivity index (χ1n) is 10.0. The summed E-state index contributed by atoms with van der Waals surface area (Å²) in [6, 6.07) is 6.91. The fourth-order valence-electron chi connectivity index (χ4n) is 5.15. The Labute approximate surface area is 159 Å². The van der Waals surface area contributed by atoms with Crippen LogP contribution in [0.4, 0.5) is 4.79 Å². The van der Waals surface area contributed by atoms with Crippen LogP contribution in [0.15, 0.2) is 24.3 Å². The molecule has 0 saturated heterocycles. The number of amides is 4. The van der Waals surface area contributed by atoms with Crippen LogP contribution in [0.3, 0.4) is 0 Å². The largest absolute Gasteiger partial charge is 0.338 e. The molecule has 0 spiro atoms. The lowest BCUT2D eigenvalue weighted by molar-refractivity contribution is 0.0653. The van der Waals surface area contributed by atoms with Gasteiger partial charge in [-0.3, -0.25) is 14.5 Å². The van der Waals surface area contributed by atoms with Gasteiger partial charge in [0.15, 0.2) is 0 Å². The van der Waals surface area contributed by atoms with Crippen LogP contribution in [0.5, 0.6) is 0 Å². The lowest BCUT2D eigenvalue weighted by atomic mass is 9.84. The maximum atomic E-state index is 12.3. The Morgan fingerprint density at radius 2 is 1.85 bits per heavy atom. The van der Waals surface area contributed by atoms with Crippen molar-refractivity contribution in [2.75, 3.05) is 13.1 Å². The SMILES string of the molecule is CC(NC(=O)NCCCN1C(=O)c2ccccc2C1=O)C1CC2CCC1C2. The number of benzene rings is 1. The van der Waals surface area contributed by atoms with Gasteiger partial charge in [-0.15, -0.1) is 0 Å². The van der Waals surface area contributed by atoms with E-state index in [1.165, 1.54) is 30.6 Å². The summed E-state index contributed by atoms with van der Waals surface area (Å²) in [7, 11) is 0. The summed E-state index contributed by atoms with van der Waals surface area (Å²) < 4.78 is 0. The molecule has 1 aromatic rings. The first-order valence-corrected chi connectivity index (χ1v) is 10.0. The summed E-state index contributed by atoms with van der Waals surface area (Å²) in [4.78, 5) is 38.0. The van der Waals surface area contributed by atoms with Gasteiger partial charge >= 0.3 is 6.03 Å². The molecule has 3 aliphatic rings. The molecule has 1 heterocycles. The van der Waals surface area contributed by atoms with Gasteiger partial charge in [-0.25, -0.2) is 4.79 Å². The summed E-state index contributed by atoms with van der Waals surface area (Å²) in [6.07, 6.45) is 5.78. The molecule has 1 aromatic carbocycles. The summed E-state index contributed by atoms with van der Waals surface area (Å²) in [6.45, 7) is 2.85. The van der Waals surface area contributed by atoms with E-state index in [4.69, 9.17) is 0 Å². The molecule has 144 valence electrons. The minimum absolute atomic E-state index is 0.160. The monoisotopic (exact) mass is 369 g/mol. The van der Waals surface area contributed by atoms with E-state index in [1.807, 2.05) is 0 Å². The molecule has 0 aromatic heterocycles. The van der Waals surface area contributed by atoms with E-state index < -0.39 is 0 Å². The van der Waals surface area contributed by atoms with Crippen molar-refractivity contribution in [3.8, 4) is 0 Å². The normalized spacial score (nSPS) is 27.0. The third-order valence-corrected chi connectivity index (χ3v) is 6.52. The van der Waals surface area contributed by atoms with Gasteiger partial charge in [0.1, 0.15) is 0 Å². The van der Waals surface area contributed by atoms with Crippen LogP contribution in [0.25, 0.3) is 0 Å². The molecule has 4 atom stereocenters. The van der Waals surface area contributed by atoms with E-state index in [0.717, 1.165) is 11.8 Å². The predicted molar refractivity (Wildman–Crippen MR) is 101 cm³/mol. The number of imide groups is 1. The van der Waals surface area contributed by atoms with Crippen molar-refractivity contribution in [3.05, 3.63) is 35.4 Å². The number of urea groups is 1. The Hall–Kier alpha value is -2.37. The Balaban J connectivity index is 1.19. The van der Waals surface area contributed by atoms with Gasteiger partial charge in [-0.2, -0.15) is 0 Å². The van der Waals surface area contributed by atoms with Crippen LogP contribution in [0, 0.1) is 17.8 Å². The van der Waals surface area contributed by atoms with E-state index in [1.54, 1.807) is 24.3 Å². The molecule has 27 heavy (non-hydrogen) atoms. The van der Waals surface area contributed by atoms with Crippen LogP contribution >= 0.6 is 0 Å². The minimum Gasteiger partial charge on any atom is -0.338 e. The van der Waals surface area contributed by atoms with Gasteiger partial charge in [-0.1, -0.05) is 18.6 Å². The van der Waals surface area contributed by atoms with E-state index in [9.17, 15) is 14.4 Å². The van der Waals surface area contributed by atoms with E-state index in [0.29, 0.717) is 36.6 Å². The van der Waals surface area contributed by atoms with Crippen LogP contribution in [-0.2, 0) is 0 Å². The number of carbonyl (C=O) groups excluding carboxylic acids is 3. The number of nitrogens with zero attached hydrogens (tertiary/aromatic N) is 1. The second kappa shape index (κ2) is 7.33. The van der Waals surface area contributed by atoms with Crippen LogP contribution < -0.4 is 10.6 Å². The highest BCUT2D eigenvalue weighted by Gasteiger charge is 2.42. The zero-order valence-electron chi connectivity index (χ0n) is 15.7. The second-order valence-corrected chi connectivity index (χ2v) is 8.19. The maximum absolute atomic E-state index is 12.3. The topological polar surface area (TPSA) is 78.5 Å². The number of rotatable bonds is 6. The molecule has 4 amide bonds. The first kappa shape index (κ1) is 18.0. The summed E-state index contributed by atoms with van der Waals surface area (Å²) in [5, 5.41) is 5.93. The summed E-state index contributed by atoms with van der Waals surface area (Å²) >= 11 is 0. The number of fused-ring (bicyclic) bond motifs is 3. The molecule has 2 bridgehead atoms. The van der Waals surface area contributed by atoms with E-state index in [2.05, 4.69) is 17.6 Å². The average Bonchev–Trinajstić information content (AvgIpc) is 3.35. The minimum atomic E-state index is -0.245. The average molecular weight is 369 g/mol. The van der Waals surface area contributed by atoms with Crippen LogP contribution in [0.1, 0.15) is 59.7 Å². The van der Waals surface area contributed by atoms with Gasteiger partial charge in [0.05, 0.1) is 11.1 Å². The van der Waals surface area contributed by atoms with Crippen molar-refractivity contribution in [1.82, 2.24) is 15.5 Å². The molecule has 0 radical (unpaired) electrons. The zero-order chi connectivity index (χ0) is 19.0. The third-order valence-electron chi connectivity index (χ3n) is 6.52. The molecule has 1 aliphatic heterocycles. The summed E-state index contributed by atoms with van der Waals surface area (Å²) in [5.41, 5.74) is 0.931. The maximum Gasteiger partial charge on any atom is 0.315 e. The van der Waals surface area contributed by atoms with Crippen molar-refractivity contribution < 1.29 is 14.4 Å². The molecular formula is C21H27N3O3. The van der Waals surface area contributed by atoms with Crippen LogP contribution in [0.2, 0.25) is 0 Å². The van der Waals surface area contributed by atoms with Gasteiger partial charge < -0.3 is 10.6 Å². The molecule has 2 aliphatic carbocycles. The molecule has 2 fully saturated rings. The zero-order valence-corrected chi connectivity index (χ0v) is 15.7. The molecule has 2 N–H and O–H groups in total. The van der Waals surface area contributed by atoms with Crippen molar-refractivity contribution in [1.29, 1.82) is 0 Å². The highest BCUT2D eigenvalue weighted by Crippen LogP contribution is 2.49. The van der Waals surface area contributed by atoms with Crippen molar-refractivity contribution in [2.45, 2.75) is 45.1 Å². The molecule has 4 rings (SSSR count). The number of carbonyl (C=O) groups is 3. The smallest absolute Gasteiger partial charge is 0.315 e. The van der Waals surface area contributed by atoms with Crippen molar-refractivity contribution in [2.24, 2.45) is 17.8 Å². The Bertz CT molecular complexity index is 728. The highest BCUT2D eigenvalue weighted by atomic mass is 16.2. The molecular weight excluding hydrogens is 342 g/mol. The Morgan fingerprint density at radius 3 is 2.44 bits per heavy atom. The van der Waals surface area contributed by atoms with E-state index in [-0.39, 0.29) is 23.9 Å². The fraction of sp³-hybridized carbons (Fsp3) is 0.571. The van der Waals surface area contributed by atoms with Gasteiger partial charge in [-0.05, 0) is 62.5 Å². The fourth-order valence-corrected chi connectivity index (χ4v) is 5.15. The standard InChI is InChI=1S/C21H27N3O3/c1-13(18-12-14-7-8-15(18)11-14)23-21(27)22-9-4-10-24-19(25)16-5-2-3-6-17(16)20(24)26/h2-3,5-6,13-15,18H,4,7-12H2,1H3,(H2,22,23,27). The second-order valence-electron chi connectivity index (χ2n) is 8.19. The Morgan fingerprint density at radius 1 is 1.15 bits per heavy atom. The highest BCUT2D eigenvalue weighted by molar-refractivity contribution is 6.21. The molecule has 6 heteroatoms.